The highest BCUT2D eigenvalue weighted by Gasteiger charge is 2.24. The summed E-state index contributed by atoms with van der Waals surface area (Å²) in [5.41, 5.74) is 0.712. The van der Waals surface area contributed by atoms with Gasteiger partial charge in [-0.15, -0.1) is 0 Å². The summed E-state index contributed by atoms with van der Waals surface area (Å²) in [5, 5.41) is 18.9. The number of hydrogen-bond acceptors (Lipinski definition) is 3. The van der Waals surface area contributed by atoms with E-state index >= 15 is 0 Å². The largest absolute Gasteiger partial charge is 0.478 e. The molecule has 0 amide bonds. The summed E-state index contributed by atoms with van der Waals surface area (Å²) in [6.45, 7) is 1.84. The molecular formula is C19H16O5. The zero-order chi connectivity index (χ0) is 17.7. The van der Waals surface area contributed by atoms with E-state index in [1.165, 1.54) is 12.1 Å². The number of carboxylic acid groups (broad SMARTS) is 2. The lowest BCUT2D eigenvalue weighted by Crippen LogP contribution is -2.14. The van der Waals surface area contributed by atoms with Crippen LogP contribution in [0.3, 0.4) is 0 Å². The van der Waals surface area contributed by atoms with Gasteiger partial charge in [0.25, 0.3) is 0 Å². The average Bonchev–Trinajstić information content (AvgIpc) is 2.56. The Labute approximate surface area is 138 Å². The van der Waals surface area contributed by atoms with Gasteiger partial charge < -0.3 is 10.2 Å². The van der Waals surface area contributed by atoms with Gasteiger partial charge in [-0.2, -0.15) is 0 Å². The summed E-state index contributed by atoms with van der Waals surface area (Å²) in [6.07, 6.45) is -0.491. The third kappa shape index (κ3) is 3.95. The number of Topliss-reactive ketones (excluding diaryl/α,β-unsaturated/α-hetero) is 1. The lowest BCUT2D eigenvalue weighted by molar-refractivity contribution is -0.134. The fourth-order valence-electron chi connectivity index (χ4n) is 2.30. The number of benzene rings is 2. The topological polar surface area (TPSA) is 91.7 Å². The van der Waals surface area contributed by atoms with Crippen molar-refractivity contribution in [3.63, 3.8) is 0 Å². The maximum Gasteiger partial charge on any atom is 0.336 e. The molecule has 0 aliphatic rings. The minimum Gasteiger partial charge on any atom is -0.478 e. The zero-order valence-electron chi connectivity index (χ0n) is 13.0. The molecule has 0 spiro atoms. The Bertz CT molecular complexity index is 801. The first-order valence-electron chi connectivity index (χ1n) is 7.25. The van der Waals surface area contributed by atoms with Crippen LogP contribution in [0.4, 0.5) is 0 Å². The van der Waals surface area contributed by atoms with E-state index in [4.69, 9.17) is 0 Å². The molecule has 24 heavy (non-hydrogen) atoms. The van der Waals surface area contributed by atoms with Crippen molar-refractivity contribution in [2.45, 2.75) is 13.3 Å². The fourth-order valence-corrected chi connectivity index (χ4v) is 2.30. The third-order valence-electron chi connectivity index (χ3n) is 3.55. The van der Waals surface area contributed by atoms with E-state index in [0.717, 1.165) is 5.56 Å². The zero-order valence-corrected chi connectivity index (χ0v) is 13.0. The number of aryl methyl sites for hydroxylation is 1. The van der Waals surface area contributed by atoms with Crippen molar-refractivity contribution in [1.29, 1.82) is 0 Å². The van der Waals surface area contributed by atoms with Gasteiger partial charge in [0.2, 0.25) is 0 Å². The van der Waals surface area contributed by atoms with E-state index in [-0.39, 0.29) is 11.1 Å². The van der Waals surface area contributed by atoms with Crippen molar-refractivity contribution in [2.24, 2.45) is 0 Å². The van der Waals surface area contributed by atoms with Crippen molar-refractivity contribution in [3.8, 4) is 0 Å². The summed E-state index contributed by atoms with van der Waals surface area (Å²) < 4.78 is 0. The molecule has 2 rings (SSSR count). The third-order valence-corrected chi connectivity index (χ3v) is 3.55. The maximum atomic E-state index is 12.3. The standard InChI is InChI=1S/C19H16O5/c1-12-7-9-14(10-8-12)17(19(23)24)15(18(21)22)11-16(20)13-5-3-2-4-6-13/h2-10H,11H2,1H3,(H,21,22)(H,23,24). The fraction of sp³-hybridized carbons (Fsp3) is 0.105. The van der Waals surface area contributed by atoms with Gasteiger partial charge in [-0.25, -0.2) is 9.59 Å². The molecule has 0 saturated carbocycles. The summed E-state index contributed by atoms with van der Waals surface area (Å²) in [7, 11) is 0. The van der Waals surface area contributed by atoms with E-state index in [1.807, 2.05) is 6.92 Å². The Kier molecular flexibility index (Phi) is 5.27. The second kappa shape index (κ2) is 7.37. The van der Waals surface area contributed by atoms with E-state index in [1.54, 1.807) is 42.5 Å². The van der Waals surface area contributed by atoms with Crippen LogP contribution >= 0.6 is 0 Å². The monoisotopic (exact) mass is 324 g/mol. The minimum absolute atomic E-state index is 0.256. The van der Waals surface area contributed by atoms with Gasteiger partial charge in [-0.05, 0) is 12.5 Å². The molecule has 0 aliphatic heterocycles. The van der Waals surface area contributed by atoms with Crippen LogP contribution in [0.2, 0.25) is 0 Å². The number of carboxylic acids is 2. The van der Waals surface area contributed by atoms with E-state index < -0.39 is 29.7 Å². The molecule has 122 valence electrons. The van der Waals surface area contributed by atoms with Crippen LogP contribution in [-0.2, 0) is 9.59 Å². The number of ketones is 1. The molecule has 0 fully saturated rings. The van der Waals surface area contributed by atoms with Crippen molar-refractivity contribution < 1.29 is 24.6 Å². The van der Waals surface area contributed by atoms with E-state index in [0.29, 0.717) is 5.56 Å². The van der Waals surface area contributed by atoms with Crippen molar-refractivity contribution in [3.05, 3.63) is 76.9 Å². The predicted molar refractivity (Wildman–Crippen MR) is 88.8 cm³/mol. The molecule has 0 saturated heterocycles. The highest BCUT2D eigenvalue weighted by molar-refractivity contribution is 6.23. The molecule has 2 aromatic carbocycles. The lowest BCUT2D eigenvalue weighted by Gasteiger charge is -2.09. The molecule has 0 atom stereocenters. The van der Waals surface area contributed by atoms with Crippen molar-refractivity contribution >= 4 is 23.3 Å². The molecular weight excluding hydrogens is 308 g/mol. The lowest BCUT2D eigenvalue weighted by atomic mass is 9.94. The Morgan fingerprint density at radius 1 is 0.792 bits per heavy atom. The summed E-state index contributed by atoms with van der Waals surface area (Å²) in [6, 6.07) is 14.6. The van der Waals surface area contributed by atoms with Crippen LogP contribution in [0, 0.1) is 6.92 Å². The Morgan fingerprint density at radius 3 is 1.88 bits per heavy atom. The molecule has 0 aliphatic carbocycles. The average molecular weight is 324 g/mol. The highest BCUT2D eigenvalue weighted by Crippen LogP contribution is 2.24. The van der Waals surface area contributed by atoms with Gasteiger partial charge in [-0.3, -0.25) is 4.79 Å². The second-order valence-corrected chi connectivity index (χ2v) is 5.30. The van der Waals surface area contributed by atoms with Crippen LogP contribution in [0.1, 0.15) is 27.9 Å². The maximum absolute atomic E-state index is 12.3. The molecule has 0 heterocycles. The molecule has 0 bridgehead atoms. The van der Waals surface area contributed by atoms with Gasteiger partial charge in [0.05, 0.1) is 11.1 Å². The van der Waals surface area contributed by atoms with Crippen molar-refractivity contribution in [1.82, 2.24) is 0 Å². The number of carbonyl (C=O) groups is 3. The SMILES string of the molecule is Cc1ccc(C(C(=O)O)=C(CC(=O)c2ccccc2)C(=O)O)cc1. The molecule has 0 radical (unpaired) electrons. The number of carbonyl (C=O) groups excluding carboxylic acids is 1. The first kappa shape index (κ1) is 17.1. The number of aliphatic carboxylic acids is 2. The first-order valence-corrected chi connectivity index (χ1v) is 7.25. The predicted octanol–water partition coefficient (Wildman–Crippen LogP) is 3.19. The van der Waals surface area contributed by atoms with E-state index in [9.17, 15) is 24.6 Å². The van der Waals surface area contributed by atoms with Crippen LogP contribution < -0.4 is 0 Å². The molecule has 2 N–H and O–H groups in total. The van der Waals surface area contributed by atoms with Gasteiger partial charge in [0.15, 0.2) is 5.78 Å². The smallest absolute Gasteiger partial charge is 0.336 e. The van der Waals surface area contributed by atoms with Gasteiger partial charge in [0, 0.05) is 12.0 Å². The summed E-state index contributed by atoms with van der Waals surface area (Å²) in [4.78, 5) is 35.5. The Balaban J connectivity index is 2.50. The molecule has 0 unspecified atom stereocenters. The van der Waals surface area contributed by atoms with Crippen molar-refractivity contribution in [2.75, 3.05) is 0 Å². The van der Waals surface area contributed by atoms with Gasteiger partial charge in [-0.1, -0.05) is 60.2 Å². The van der Waals surface area contributed by atoms with Gasteiger partial charge >= 0.3 is 11.9 Å². The minimum atomic E-state index is -1.42. The Hall–Kier alpha value is -3.21. The van der Waals surface area contributed by atoms with Crippen LogP contribution in [-0.4, -0.2) is 27.9 Å². The number of hydrogen-bond donors (Lipinski definition) is 2. The Morgan fingerprint density at radius 2 is 1.38 bits per heavy atom. The van der Waals surface area contributed by atoms with Crippen LogP contribution in [0.15, 0.2) is 60.2 Å². The molecule has 5 nitrogen and oxygen atoms in total. The number of rotatable bonds is 6. The molecule has 5 heteroatoms. The second-order valence-electron chi connectivity index (χ2n) is 5.30. The summed E-state index contributed by atoms with van der Waals surface area (Å²) in [5.74, 6) is -3.24. The molecule has 2 aromatic rings. The van der Waals surface area contributed by atoms with Crippen LogP contribution in [0.25, 0.3) is 5.57 Å². The van der Waals surface area contributed by atoms with Gasteiger partial charge in [0.1, 0.15) is 0 Å². The highest BCUT2D eigenvalue weighted by atomic mass is 16.4. The summed E-state index contributed by atoms with van der Waals surface area (Å²) >= 11 is 0. The van der Waals surface area contributed by atoms with Crippen LogP contribution in [0.5, 0.6) is 0 Å². The molecule has 0 aromatic heterocycles. The first-order chi connectivity index (χ1) is 11.4. The normalized spacial score (nSPS) is 11.5. The van der Waals surface area contributed by atoms with E-state index in [2.05, 4.69) is 0 Å². The quantitative estimate of drug-likeness (QED) is 0.629.